The van der Waals surface area contributed by atoms with E-state index in [2.05, 4.69) is 10.6 Å². The maximum Gasteiger partial charge on any atom is 0.319 e. The topological polar surface area (TPSA) is 83.7 Å². The summed E-state index contributed by atoms with van der Waals surface area (Å²) >= 11 is 0. The normalized spacial score (nSPS) is 16.2. The van der Waals surface area contributed by atoms with Crippen LogP contribution in [0.25, 0.3) is 0 Å². The Hall–Kier alpha value is -2.31. The van der Waals surface area contributed by atoms with Gasteiger partial charge in [0.25, 0.3) is 0 Å². The summed E-state index contributed by atoms with van der Waals surface area (Å²) in [6.45, 7) is 2.97. The molecule has 0 aliphatic heterocycles. The molecule has 1 aliphatic carbocycles. The number of nitrogens with one attached hydrogen (secondary N) is 2. The summed E-state index contributed by atoms with van der Waals surface area (Å²) in [5.41, 5.74) is 0.433. The lowest BCUT2D eigenvalue weighted by Crippen LogP contribution is -2.40. The average Bonchev–Trinajstić information content (AvgIpc) is 3.23. The molecule has 6 heteroatoms. The predicted molar refractivity (Wildman–Crippen MR) is 94.1 cm³/mol. The number of carbonyl (C=O) groups is 1. The van der Waals surface area contributed by atoms with E-state index < -0.39 is 5.60 Å². The largest absolute Gasteiger partial charge is 0.466 e. The van der Waals surface area contributed by atoms with Crippen LogP contribution in [0.2, 0.25) is 0 Å². The van der Waals surface area contributed by atoms with Crippen molar-refractivity contribution in [2.45, 2.75) is 32.0 Å². The molecule has 1 aliphatic rings. The minimum atomic E-state index is -1.26. The summed E-state index contributed by atoms with van der Waals surface area (Å²) in [7, 11) is 0. The molecule has 3 N–H and O–H groups in total. The van der Waals surface area contributed by atoms with E-state index in [1.807, 2.05) is 24.3 Å². The molecule has 1 aromatic carbocycles. The van der Waals surface area contributed by atoms with E-state index in [0.29, 0.717) is 18.1 Å². The van der Waals surface area contributed by atoms with Gasteiger partial charge in [-0.3, -0.25) is 0 Å². The Labute approximate surface area is 147 Å². The Bertz CT molecular complexity index is 693. The van der Waals surface area contributed by atoms with Crippen molar-refractivity contribution in [1.29, 1.82) is 0 Å². The van der Waals surface area contributed by atoms with Crippen LogP contribution in [0.5, 0.6) is 0 Å². The van der Waals surface area contributed by atoms with Gasteiger partial charge in [0.2, 0.25) is 0 Å². The highest BCUT2D eigenvalue weighted by Gasteiger charge is 2.26. The van der Waals surface area contributed by atoms with Crippen LogP contribution in [-0.4, -0.2) is 24.3 Å². The second kappa shape index (κ2) is 7.72. The highest BCUT2D eigenvalue weighted by atomic mass is 16.5. The van der Waals surface area contributed by atoms with E-state index in [4.69, 9.17) is 9.15 Å². The summed E-state index contributed by atoms with van der Waals surface area (Å²) in [4.78, 5) is 12.1. The van der Waals surface area contributed by atoms with Crippen molar-refractivity contribution in [3.8, 4) is 0 Å². The lowest BCUT2D eigenvalue weighted by molar-refractivity contribution is 0.0372. The molecule has 0 saturated heterocycles. The molecule has 1 heterocycles. The molecule has 0 radical (unpaired) electrons. The number of furan rings is 1. The third kappa shape index (κ3) is 5.34. The molecule has 1 atom stereocenters. The van der Waals surface area contributed by atoms with Crippen molar-refractivity contribution in [2.75, 3.05) is 18.5 Å². The van der Waals surface area contributed by atoms with Gasteiger partial charge in [0.15, 0.2) is 0 Å². The van der Waals surface area contributed by atoms with E-state index in [1.54, 1.807) is 19.1 Å². The van der Waals surface area contributed by atoms with Crippen molar-refractivity contribution < 1.29 is 19.1 Å². The van der Waals surface area contributed by atoms with Gasteiger partial charge in [-0.2, -0.15) is 0 Å². The minimum absolute atomic E-state index is 0.0382. The number of anilines is 1. The van der Waals surface area contributed by atoms with Crippen LogP contribution < -0.4 is 10.6 Å². The molecule has 3 rings (SSSR count). The Morgan fingerprint density at radius 3 is 2.92 bits per heavy atom. The van der Waals surface area contributed by atoms with Gasteiger partial charge in [-0.1, -0.05) is 12.1 Å². The molecule has 1 saturated carbocycles. The molecule has 0 spiro atoms. The second-order valence-corrected chi connectivity index (χ2v) is 6.72. The first-order valence-electron chi connectivity index (χ1n) is 8.51. The van der Waals surface area contributed by atoms with E-state index in [0.717, 1.165) is 18.1 Å². The Balaban J connectivity index is 1.47. The number of hydrogen-bond donors (Lipinski definition) is 3. The molecule has 25 heavy (non-hydrogen) atoms. The van der Waals surface area contributed by atoms with Crippen LogP contribution >= 0.6 is 0 Å². The quantitative estimate of drug-likeness (QED) is 0.686. The summed E-state index contributed by atoms with van der Waals surface area (Å²) in [5.74, 6) is 1.14. The van der Waals surface area contributed by atoms with Gasteiger partial charge in [0.05, 0.1) is 19.4 Å². The van der Waals surface area contributed by atoms with Gasteiger partial charge >= 0.3 is 6.03 Å². The Kier molecular flexibility index (Phi) is 5.40. The standard InChI is InChI=1S/C19H24N2O4/c1-19(23,17-6-3-9-25-17)13-20-18(22)21-16-5-2-4-15(10-16)12-24-11-14-7-8-14/h2-6,9-10,14,23H,7-8,11-13H2,1H3,(H2,20,21,22). The van der Waals surface area contributed by atoms with Crippen LogP contribution in [0.15, 0.2) is 47.1 Å². The van der Waals surface area contributed by atoms with Crippen molar-refractivity contribution >= 4 is 11.7 Å². The van der Waals surface area contributed by atoms with Crippen molar-refractivity contribution in [2.24, 2.45) is 5.92 Å². The molecule has 1 unspecified atom stereocenters. The SMILES string of the molecule is CC(O)(CNC(=O)Nc1cccc(COCC2CC2)c1)c1ccco1. The van der Waals surface area contributed by atoms with E-state index in [9.17, 15) is 9.90 Å². The number of carbonyl (C=O) groups excluding carboxylic acids is 1. The lowest BCUT2D eigenvalue weighted by Gasteiger charge is -2.21. The summed E-state index contributed by atoms with van der Waals surface area (Å²) in [6, 6.07) is 10.5. The zero-order valence-corrected chi connectivity index (χ0v) is 14.3. The highest BCUT2D eigenvalue weighted by Crippen LogP contribution is 2.29. The van der Waals surface area contributed by atoms with Gasteiger partial charge in [-0.25, -0.2) is 4.79 Å². The van der Waals surface area contributed by atoms with Gasteiger partial charge in [-0.15, -0.1) is 0 Å². The number of amides is 2. The molecule has 1 aromatic heterocycles. The molecule has 6 nitrogen and oxygen atoms in total. The maximum atomic E-state index is 12.1. The van der Waals surface area contributed by atoms with Crippen LogP contribution in [-0.2, 0) is 16.9 Å². The average molecular weight is 344 g/mol. The van der Waals surface area contributed by atoms with E-state index in [1.165, 1.54) is 19.1 Å². The Morgan fingerprint density at radius 1 is 1.36 bits per heavy atom. The smallest absolute Gasteiger partial charge is 0.319 e. The first-order chi connectivity index (χ1) is 12.0. The first-order valence-corrected chi connectivity index (χ1v) is 8.51. The third-order valence-corrected chi connectivity index (χ3v) is 4.15. The van der Waals surface area contributed by atoms with Crippen molar-refractivity contribution in [3.63, 3.8) is 0 Å². The number of benzene rings is 1. The minimum Gasteiger partial charge on any atom is -0.466 e. The molecule has 0 bridgehead atoms. The molecular weight excluding hydrogens is 320 g/mol. The maximum absolute atomic E-state index is 12.1. The summed E-state index contributed by atoms with van der Waals surface area (Å²) in [6.07, 6.45) is 4.02. The zero-order chi connectivity index (χ0) is 17.7. The first kappa shape index (κ1) is 17.5. The Morgan fingerprint density at radius 2 is 2.20 bits per heavy atom. The fraction of sp³-hybridized carbons (Fsp3) is 0.421. The summed E-state index contributed by atoms with van der Waals surface area (Å²) < 4.78 is 10.9. The van der Waals surface area contributed by atoms with E-state index >= 15 is 0 Å². The van der Waals surface area contributed by atoms with Crippen LogP contribution in [0.4, 0.5) is 10.5 Å². The molecular formula is C19H24N2O4. The fourth-order valence-corrected chi connectivity index (χ4v) is 2.47. The number of urea groups is 1. The monoisotopic (exact) mass is 344 g/mol. The number of ether oxygens (including phenoxy) is 1. The fourth-order valence-electron chi connectivity index (χ4n) is 2.47. The predicted octanol–water partition coefficient (Wildman–Crippen LogP) is 3.24. The third-order valence-electron chi connectivity index (χ3n) is 4.15. The second-order valence-electron chi connectivity index (χ2n) is 6.72. The highest BCUT2D eigenvalue weighted by molar-refractivity contribution is 5.89. The van der Waals surface area contributed by atoms with Crippen LogP contribution in [0.1, 0.15) is 31.1 Å². The molecule has 2 amide bonds. The lowest BCUT2D eigenvalue weighted by atomic mass is 10.0. The number of rotatable bonds is 8. The van der Waals surface area contributed by atoms with Gasteiger partial charge in [-0.05, 0) is 55.5 Å². The van der Waals surface area contributed by atoms with Gasteiger partial charge in [0.1, 0.15) is 11.4 Å². The molecule has 2 aromatic rings. The van der Waals surface area contributed by atoms with Crippen LogP contribution in [0.3, 0.4) is 0 Å². The van der Waals surface area contributed by atoms with Crippen LogP contribution in [0, 0.1) is 5.92 Å². The molecule has 1 fully saturated rings. The summed E-state index contributed by atoms with van der Waals surface area (Å²) in [5, 5.41) is 15.7. The van der Waals surface area contributed by atoms with Crippen molar-refractivity contribution in [3.05, 3.63) is 54.0 Å². The van der Waals surface area contributed by atoms with Gasteiger partial charge < -0.3 is 24.9 Å². The number of hydrogen-bond acceptors (Lipinski definition) is 4. The van der Waals surface area contributed by atoms with Gasteiger partial charge in [0, 0.05) is 12.3 Å². The van der Waals surface area contributed by atoms with E-state index in [-0.39, 0.29) is 12.6 Å². The number of aliphatic hydroxyl groups is 1. The zero-order valence-electron chi connectivity index (χ0n) is 14.3. The molecule has 134 valence electrons. The van der Waals surface area contributed by atoms with Crippen molar-refractivity contribution in [1.82, 2.24) is 5.32 Å².